The largest absolute Gasteiger partial charge is 0.314 e. The summed E-state index contributed by atoms with van der Waals surface area (Å²) in [5.74, 6) is 0. The molecule has 88 valence electrons. The van der Waals surface area contributed by atoms with Gasteiger partial charge in [0.2, 0.25) is 0 Å². The minimum Gasteiger partial charge on any atom is -0.314 e. The molecule has 1 heterocycles. The molecule has 2 nitrogen and oxygen atoms in total. The van der Waals surface area contributed by atoms with E-state index in [-0.39, 0.29) is 0 Å². The lowest BCUT2D eigenvalue weighted by atomic mass is 10.1. The van der Waals surface area contributed by atoms with E-state index in [2.05, 4.69) is 34.6 Å². The highest BCUT2D eigenvalue weighted by Crippen LogP contribution is 2.18. The van der Waals surface area contributed by atoms with Crippen molar-refractivity contribution in [3.05, 3.63) is 42.1 Å². The number of benzene rings is 1. The first-order valence-electron chi connectivity index (χ1n) is 6.49. The summed E-state index contributed by atoms with van der Waals surface area (Å²) in [5.41, 5.74) is 2.51. The molecule has 0 atom stereocenters. The number of aryl methyl sites for hydroxylation is 1. The van der Waals surface area contributed by atoms with E-state index in [1.165, 1.54) is 30.2 Å². The second-order valence-electron chi connectivity index (χ2n) is 4.86. The monoisotopic (exact) mass is 226 g/mol. The van der Waals surface area contributed by atoms with Crippen molar-refractivity contribution in [2.24, 2.45) is 0 Å². The summed E-state index contributed by atoms with van der Waals surface area (Å²) in [4.78, 5) is 4.39. The normalized spacial score (nSPS) is 15.3. The van der Waals surface area contributed by atoms with Crippen LogP contribution in [0.5, 0.6) is 0 Å². The number of hydrogen-bond acceptors (Lipinski definition) is 2. The molecule has 2 aromatic rings. The third kappa shape index (κ3) is 2.83. The van der Waals surface area contributed by atoms with Crippen LogP contribution in [0.4, 0.5) is 0 Å². The van der Waals surface area contributed by atoms with Crippen molar-refractivity contribution in [2.45, 2.75) is 31.7 Å². The highest BCUT2D eigenvalue weighted by atomic mass is 14.9. The summed E-state index contributed by atoms with van der Waals surface area (Å²) in [6.07, 6.45) is 6.97. The molecule has 1 aliphatic carbocycles. The minimum atomic E-state index is 0.827. The Balaban J connectivity index is 1.59. The lowest BCUT2D eigenvalue weighted by molar-refractivity contribution is 0.646. The van der Waals surface area contributed by atoms with Crippen LogP contribution in [0.2, 0.25) is 0 Å². The summed E-state index contributed by atoms with van der Waals surface area (Å²) < 4.78 is 0. The maximum Gasteiger partial charge on any atom is 0.0704 e. The van der Waals surface area contributed by atoms with Crippen LogP contribution in [0, 0.1) is 0 Å². The zero-order valence-corrected chi connectivity index (χ0v) is 10.0. The van der Waals surface area contributed by atoms with Crippen molar-refractivity contribution in [2.75, 3.05) is 6.54 Å². The molecule has 1 N–H and O–H groups in total. The second kappa shape index (κ2) is 4.84. The van der Waals surface area contributed by atoms with Crippen LogP contribution in [0.25, 0.3) is 10.9 Å². The number of rotatable bonds is 5. The number of nitrogens with one attached hydrogen (secondary N) is 1. The molecule has 1 aromatic heterocycles. The number of fused-ring (bicyclic) bond motifs is 1. The Morgan fingerprint density at radius 2 is 2.18 bits per heavy atom. The maximum atomic E-state index is 4.39. The molecule has 0 bridgehead atoms. The van der Waals surface area contributed by atoms with E-state index in [0.717, 1.165) is 24.5 Å². The molecule has 1 aromatic carbocycles. The molecule has 17 heavy (non-hydrogen) atoms. The third-order valence-electron chi connectivity index (χ3n) is 3.32. The molecule has 1 saturated carbocycles. The zero-order chi connectivity index (χ0) is 11.5. The van der Waals surface area contributed by atoms with Gasteiger partial charge in [-0.3, -0.25) is 4.98 Å². The van der Waals surface area contributed by atoms with E-state index in [9.17, 15) is 0 Å². The maximum absolute atomic E-state index is 4.39. The quantitative estimate of drug-likeness (QED) is 0.793. The van der Waals surface area contributed by atoms with Gasteiger partial charge >= 0.3 is 0 Å². The summed E-state index contributed by atoms with van der Waals surface area (Å²) in [7, 11) is 0. The molecule has 0 saturated heterocycles. The van der Waals surface area contributed by atoms with Gasteiger partial charge in [0.15, 0.2) is 0 Å². The topological polar surface area (TPSA) is 24.9 Å². The van der Waals surface area contributed by atoms with E-state index < -0.39 is 0 Å². The van der Waals surface area contributed by atoms with Gasteiger partial charge in [0.1, 0.15) is 0 Å². The molecule has 1 aliphatic rings. The molecule has 0 spiro atoms. The van der Waals surface area contributed by atoms with Crippen LogP contribution in [0.3, 0.4) is 0 Å². The fourth-order valence-corrected chi connectivity index (χ4v) is 2.15. The van der Waals surface area contributed by atoms with E-state index >= 15 is 0 Å². The average Bonchev–Trinajstić information content (AvgIpc) is 3.18. The molecular formula is C15H18N2. The summed E-state index contributed by atoms with van der Waals surface area (Å²) in [6.45, 7) is 1.14. The van der Waals surface area contributed by atoms with Crippen LogP contribution < -0.4 is 5.32 Å². The van der Waals surface area contributed by atoms with Crippen molar-refractivity contribution in [1.29, 1.82) is 0 Å². The van der Waals surface area contributed by atoms with Gasteiger partial charge in [-0.15, -0.1) is 0 Å². The molecule has 0 unspecified atom stereocenters. The standard InChI is InChI=1S/C15H18N2/c1(9-16-14-7-8-14)3-12-5-6-13-4-2-10-17-15(13)11-12/h2,4-6,10-11,14,16H,1,3,7-9H2. The molecule has 1 fully saturated rings. The van der Waals surface area contributed by atoms with E-state index in [4.69, 9.17) is 0 Å². The van der Waals surface area contributed by atoms with Gasteiger partial charge in [0.05, 0.1) is 5.52 Å². The Hall–Kier alpha value is -1.41. The Kier molecular flexibility index (Phi) is 3.06. The lowest BCUT2D eigenvalue weighted by Crippen LogP contribution is -2.17. The summed E-state index contributed by atoms with van der Waals surface area (Å²) in [5, 5.41) is 4.78. The van der Waals surface area contributed by atoms with E-state index in [0.29, 0.717) is 0 Å². The van der Waals surface area contributed by atoms with Gasteiger partial charge in [0, 0.05) is 17.6 Å². The Morgan fingerprint density at radius 3 is 3.06 bits per heavy atom. The van der Waals surface area contributed by atoms with Crippen molar-refractivity contribution in [3.63, 3.8) is 0 Å². The SMILES string of the molecule is c1cnc2cc(CCCNC3CC3)ccc2c1. The predicted octanol–water partition coefficient (Wildman–Crippen LogP) is 2.92. The van der Waals surface area contributed by atoms with Crippen molar-refractivity contribution < 1.29 is 0 Å². The van der Waals surface area contributed by atoms with Gasteiger partial charge < -0.3 is 5.32 Å². The van der Waals surface area contributed by atoms with Crippen LogP contribution in [0.15, 0.2) is 36.5 Å². The fraction of sp³-hybridized carbons (Fsp3) is 0.400. The number of pyridine rings is 1. The van der Waals surface area contributed by atoms with Crippen molar-refractivity contribution in [3.8, 4) is 0 Å². The Bertz CT molecular complexity index is 503. The number of aromatic nitrogens is 1. The second-order valence-corrected chi connectivity index (χ2v) is 4.86. The summed E-state index contributed by atoms with van der Waals surface area (Å²) in [6, 6.07) is 11.5. The Labute approximate surface area is 102 Å². The molecule has 2 heteroatoms. The number of hydrogen-bond donors (Lipinski definition) is 1. The Morgan fingerprint density at radius 1 is 1.24 bits per heavy atom. The predicted molar refractivity (Wildman–Crippen MR) is 71.1 cm³/mol. The van der Waals surface area contributed by atoms with Gasteiger partial charge in [0.25, 0.3) is 0 Å². The first-order valence-corrected chi connectivity index (χ1v) is 6.49. The highest BCUT2D eigenvalue weighted by Gasteiger charge is 2.19. The molecule has 0 amide bonds. The highest BCUT2D eigenvalue weighted by molar-refractivity contribution is 5.78. The first-order chi connectivity index (χ1) is 8.42. The zero-order valence-electron chi connectivity index (χ0n) is 10.0. The van der Waals surface area contributed by atoms with E-state index in [1.807, 2.05) is 12.3 Å². The molecule has 3 rings (SSSR count). The fourth-order valence-electron chi connectivity index (χ4n) is 2.15. The lowest BCUT2D eigenvalue weighted by Gasteiger charge is -2.04. The minimum absolute atomic E-state index is 0.827. The molecule has 0 aliphatic heterocycles. The van der Waals surface area contributed by atoms with Crippen molar-refractivity contribution >= 4 is 10.9 Å². The third-order valence-corrected chi connectivity index (χ3v) is 3.32. The molecular weight excluding hydrogens is 208 g/mol. The van der Waals surface area contributed by atoms with Crippen molar-refractivity contribution in [1.82, 2.24) is 10.3 Å². The average molecular weight is 226 g/mol. The van der Waals surface area contributed by atoms with Gasteiger partial charge in [-0.2, -0.15) is 0 Å². The van der Waals surface area contributed by atoms with Gasteiger partial charge in [-0.05, 0) is 49.9 Å². The van der Waals surface area contributed by atoms with Crippen LogP contribution in [-0.2, 0) is 6.42 Å². The van der Waals surface area contributed by atoms with Gasteiger partial charge in [-0.25, -0.2) is 0 Å². The van der Waals surface area contributed by atoms with Crippen LogP contribution in [0.1, 0.15) is 24.8 Å². The van der Waals surface area contributed by atoms with Gasteiger partial charge in [-0.1, -0.05) is 18.2 Å². The smallest absolute Gasteiger partial charge is 0.0704 e. The van der Waals surface area contributed by atoms with Crippen LogP contribution >= 0.6 is 0 Å². The molecule has 0 radical (unpaired) electrons. The number of nitrogens with zero attached hydrogens (tertiary/aromatic N) is 1. The van der Waals surface area contributed by atoms with E-state index in [1.54, 1.807) is 0 Å². The summed E-state index contributed by atoms with van der Waals surface area (Å²) >= 11 is 0. The first kappa shape index (κ1) is 10.7. The van der Waals surface area contributed by atoms with Crippen LogP contribution in [-0.4, -0.2) is 17.6 Å².